The molecule has 0 spiro atoms. The van der Waals surface area contributed by atoms with Crippen LogP contribution < -0.4 is 0 Å². The Morgan fingerprint density at radius 2 is 1.67 bits per heavy atom. The van der Waals surface area contributed by atoms with Crippen LogP contribution in [0.3, 0.4) is 0 Å². The number of hydrogen-bond donors (Lipinski definition) is 0. The lowest BCUT2D eigenvalue weighted by Crippen LogP contribution is -2.46. The molecule has 0 N–H and O–H groups in total. The first-order valence-electron chi connectivity index (χ1n) is 10.8. The van der Waals surface area contributed by atoms with E-state index in [0.717, 1.165) is 55.6 Å². The molecule has 2 fully saturated rings. The summed E-state index contributed by atoms with van der Waals surface area (Å²) in [7, 11) is 0. The van der Waals surface area contributed by atoms with Gasteiger partial charge in [-0.2, -0.15) is 5.10 Å². The molecular weight excluding hydrogens is 392 g/mol. The monoisotopic (exact) mass is 420 g/mol. The van der Waals surface area contributed by atoms with Crippen molar-refractivity contribution in [3.8, 4) is 11.4 Å². The maximum atomic E-state index is 5.83. The van der Waals surface area contributed by atoms with Crippen LogP contribution in [0.25, 0.3) is 11.4 Å². The fraction of sp³-hybridized carbons (Fsp3) is 0.435. The standard InChI is InChI=1S/C23H28N6S/c1-18-4-2-3-5-20(18)16-26-12-14-27(15-13-26)17-28-23(30)29(21-6-7-21)22(25-28)19-8-10-24-11-9-19/h2-5,8-11,21H,6-7,12-17H2,1H3. The number of nitrogens with zero attached hydrogens (tertiary/aromatic N) is 6. The van der Waals surface area contributed by atoms with Gasteiger partial charge in [0.15, 0.2) is 10.6 Å². The number of aryl methyl sites for hydroxylation is 1. The van der Waals surface area contributed by atoms with E-state index < -0.39 is 0 Å². The first-order valence-corrected chi connectivity index (χ1v) is 11.2. The number of piperazine rings is 1. The third-order valence-corrected chi connectivity index (χ3v) is 6.58. The molecule has 2 aliphatic rings. The van der Waals surface area contributed by atoms with Crippen LogP contribution in [0.5, 0.6) is 0 Å². The number of hydrogen-bond acceptors (Lipinski definition) is 5. The molecule has 0 unspecified atom stereocenters. The van der Waals surface area contributed by atoms with E-state index in [1.165, 1.54) is 24.0 Å². The van der Waals surface area contributed by atoms with E-state index >= 15 is 0 Å². The largest absolute Gasteiger partial charge is 0.297 e. The Bertz CT molecular complexity index is 1060. The molecule has 3 aromatic rings. The van der Waals surface area contributed by atoms with Crippen molar-refractivity contribution in [1.29, 1.82) is 0 Å². The van der Waals surface area contributed by atoms with Gasteiger partial charge in [0.2, 0.25) is 0 Å². The first kappa shape index (κ1) is 19.6. The molecule has 156 valence electrons. The van der Waals surface area contributed by atoms with Crippen molar-refractivity contribution in [2.45, 2.75) is 39.0 Å². The highest BCUT2D eigenvalue weighted by Crippen LogP contribution is 2.38. The van der Waals surface area contributed by atoms with E-state index in [1.54, 1.807) is 0 Å². The second-order valence-electron chi connectivity index (χ2n) is 8.40. The fourth-order valence-corrected chi connectivity index (χ4v) is 4.51. The molecular formula is C23H28N6S. The zero-order chi connectivity index (χ0) is 20.5. The minimum atomic E-state index is 0.500. The number of rotatable bonds is 6. The van der Waals surface area contributed by atoms with Gasteiger partial charge in [-0.1, -0.05) is 24.3 Å². The summed E-state index contributed by atoms with van der Waals surface area (Å²) in [6.07, 6.45) is 6.02. The van der Waals surface area contributed by atoms with Gasteiger partial charge in [0, 0.05) is 56.7 Å². The average molecular weight is 421 g/mol. The number of benzene rings is 1. The summed E-state index contributed by atoms with van der Waals surface area (Å²) in [5.41, 5.74) is 3.89. The Morgan fingerprint density at radius 3 is 2.37 bits per heavy atom. The van der Waals surface area contributed by atoms with Crippen molar-refractivity contribution < 1.29 is 0 Å². The third-order valence-electron chi connectivity index (χ3n) is 6.18. The van der Waals surface area contributed by atoms with Crippen LogP contribution in [-0.2, 0) is 13.2 Å². The summed E-state index contributed by atoms with van der Waals surface area (Å²) in [6.45, 7) is 8.20. The lowest BCUT2D eigenvalue weighted by Gasteiger charge is -2.34. The average Bonchev–Trinajstić information content (AvgIpc) is 3.56. The van der Waals surface area contributed by atoms with Crippen molar-refractivity contribution in [2.75, 3.05) is 26.2 Å². The van der Waals surface area contributed by atoms with Crippen LogP contribution in [-0.4, -0.2) is 55.3 Å². The minimum absolute atomic E-state index is 0.500. The molecule has 0 amide bonds. The SMILES string of the molecule is Cc1ccccc1CN1CCN(Cn2nc(-c3ccncc3)n(C3CC3)c2=S)CC1. The summed E-state index contributed by atoms with van der Waals surface area (Å²) < 4.78 is 5.10. The van der Waals surface area contributed by atoms with Crippen LogP contribution in [0, 0.1) is 11.7 Å². The molecule has 1 aliphatic carbocycles. The smallest absolute Gasteiger partial charge is 0.199 e. The topological polar surface area (TPSA) is 42.1 Å². The van der Waals surface area contributed by atoms with E-state index in [1.807, 2.05) is 29.2 Å². The van der Waals surface area contributed by atoms with Gasteiger partial charge in [-0.3, -0.25) is 19.4 Å². The summed E-state index contributed by atoms with van der Waals surface area (Å²) >= 11 is 5.83. The molecule has 0 bridgehead atoms. The summed E-state index contributed by atoms with van der Waals surface area (Å²) in [5, 5.41) is 4.93. The summed E-state index contributed by atoms with van der Waals surface area (Å²) in [6, 6.07) is 13.2. The molecule has 30 heavy (non-hydrogen) atoms. The predicted molar refractivity (Wildman–Crippen MR) is 121 cm³/mol. The summed E-state index contributed by atoms with van der Waals surface area (Å²) in [5.74, 6) is 0.975. The first-order chi connectivity index (χ1) is 14.7. The van der Waals surface area contributed by atoms with Crippen LogP contribution >= 0.6 is 12.2 Å². The number of pyridine rings is 1. The molecule has 1 saturated heterocycles. The quantitative estimate of drug-likeness (QED) is 0.566. The summed E-state index contributed by atoms with van der Waals surface area (Å²) in [4.78, 5) is 9.15. The minimum Gasteiger partial charge on any atom is -0.297 e. The second kappa shape index (κ2) is 8.41. The van der Waals surface area contributed by atoms with Crippen molar-refractivity contribution in [3.63, 3.8) is 0 Å². The molecule has 5 rings (SSSR count). The fourth-order valence-electron chi connectivity index (χ4n) is 4.18. The Balaban J connectivity index is 1.27. The van der Waals surface area contributed by atoms with Crippen molar-refractivity contribution in [3.05, 3.63) is 64.7 Å². The zero-order valence-electron chi connectivity index (χ0n) is 17.4. The third kappa shape index (κ3) is 4.10. The van der Waals surface area contributed by atoms with Gasteiger partial charge < -0.3 is 0 Å². The maximum absolute atomic E-state index is 5.83. The van der Waals surface area contributed by atoms with E-state index in [2.05, 4.69) is 50.5 Å². The van der Waals surface area contributed by atoms with Gasteiger partial charge in [-0.05, 0) is 55.2 Å². The van der Waals surface area contributed by atoms with Crippen LogP contribution in [0.2, 0.25) is 0 Å². The van der Waals surface area contributed by atoms with Crippen molar-refractivity contribution >= 4 is 12.2 Å². The lowest BCUT2D eigenvalue weighted by molar-refractivity contribution is 0.0979. The van der Waals surface area contributed by atoms with Crippen LogP contribution in [0.1, 0.15) is 30.0 Å². The molecule has 0 atom stereocenters. The highest BCUT2D eigenvalue weighted by atomic mass is 32.1. The van der Waals surface area contributed by atoms with Crippen molar-refractivity contribution in [1.82, 2.24) is 29.1 Å². The Kier molecular flexibility index (Phi) is 5.50. The van der Waals surface area contributed by atoms with Crippen molar-refractivity contribution in [2.24, 2.45) is 0 Å². The van der Waals surface area contributed by atoms with Crippen LogP contribution in [0.15, 0.2) is 48.8 Å². The highest BCUT2D eigenvalue weighted by molar-refractivity contribution is 7.71. The Hall–Kier alpha value is -2.35. The number of aromatic nitrogens is 4. The van der Waals surface area contributed by atoms with Gasteiger partial charge in [0.1, 0.15) is 0 Å². The molecule has 1 saturated carbocycles. The zero-order valence-corrected chi connectivity index (χ0v) is 18.3. The van der Waals surface area contributed by atoms with Crippen LogP contribution in [0.4, 0.5) is 0 Å². The van der Waals surface area contributed by atoms with Gasteiger partial charge >= 0.3 is 0 Å². The van der Waals surface area contributed by atoms with Gasteiger partial charge in [0.25, 0.3) is 0 Å². The lowest BCUT2D eigenvalue weighted by atomic mass is 10.1. The van der Waals surface area contributed by atoms with E-state index in [9.17, 15) is 0 Å². The van der Waals surface area contributed by atoms with Gasteiger partial charge in [-0.25, -0.2) is 4.68 Å². The molecule has 6 nitrogen and oxygen atoms in total. The van der Waals surface area contributed by atoms with E-state index in [0.29, 0.717) is 6.04 Å². The molecule has 1 aliphatic heterocycles. The maximum Gasteiger partial charge on any atom is 0.199 e. The van der Waals surface area contributed by atoms with Gasteiger partial charge in [0.05, 0.1) is 6.67 Å². The molecule has 3 heterocycles. The molecule has 1 aromatic carbocycles. The second-order valence-corrected chi connectivity index (χ2v) is 8.77. The van der Waals surface area contributed by atoms with Gasteiger partial charge in [-0.15, -0.1) is 0 Å². The van der Waals surface area contributed by atoms with E-state index in [4.69, 9.17) is 17.3 Å². The Labute approximate surface area is 182 Å². The highest BCUT2D eigenvalue weighted by Gasteiger charge is 2.29. The normalized spacial score (nSPS) is 18.0. The predicted octanol–water partition coefficient (Wildman–Crippen LogP) is 3.89. The molecule has 0 radical (unpaired) electrons. The van der Waals surface area contributed by atoms with E-state index in [-0.39, 0.29) is 0 Å². The Morgan fingerprint density at radius 1 is 0.967 bits per heavy atom. The molecule has 2 aromatic heterocycles. The molecule has 7 heteroatoms.